The molecule has 0 radical (unpaired) electrons. The number of hydrogen-bond donors (Lipinski definition) is 2. The highest BCUT2D eigenvalue weighted by Gasteiger charge is 2.34. The number of esters is 1. The number of ether oxygens (including phenoxy) is 1. The Morgan fingerprint density at radius 3 is 2.32 bits per heavy atom. The van der Waals surface area contributed by atoms with E-state index in [1.165, 1.54) is 43.3 Å². The van der Waals surface area contributed by atoms with Gasteiger partial charge in [-0.1, -0.05) is 48.0 Å². The SMILES string of the molecule is CC(=O)Nc1cccc(C(=O)O[C@@H](C(=O)Nc2ccc(Cl)c(C(F)(F)F)c2)c2ccccc2)n1. The molecular formula is C23H17ClF3N3O4. The smallest absolute Gasteiger partial charge is 0.417 e. The third-order valence-electron chi connectivity index (χ3n) is 4.37. The molecule has 0 bridgehead atoms. The Bertz CT molecular complexity index is 1220. The minimum absolute atomic E-state index is 0.100. The molecule has 2 aromatic carbocycles. The Morgan fingerprint density at radius 2 is 1.68 bits per heavy atom. The molecule has 0 saturated heterocycles. The van der Waals surface area contributed by atoms with Crippen molar-refractivity contribution in [2.24, 2.45) is 0 Å². The number of nitrogens with one attached hydrogen (secondary N) is 2. The highest BCUT2D eigenvalue weighted by Crippen LogP contribution is 2.36. The van der Waals surface area contributed by atoms with Crippen molar-refractivity contribution in [3.8, 4) is 0 Å². The lowest BCUT2D eigenvalue weighted by molar-refractivity contribution is -0.137. The average molecular weight is 492 g/mol. The zero-order valence-electron chi connectivity index (χ0n) is 17.5. The number of pyridine rings is 1. The predicted octanol–water partition coefficient (Wildman–Crippen LogP) is 5.25. The maximum Gasteiger partial charge on any atom is 0.417 e. The molecule has 1 aromatic heterocycles. The number of benzene rings is 2. The van der Waals surface area contributed by atoms with Crippen LogP contribution in [-0.4, -0.2) is 22.8 Å². The van der Waals surface area contributed by atoms with E-state index in [2.05, 4.69) is 15.6 Å². The van der Waals surface area contributed by atoms with Crippen molar-refractivity contribution < 1.29 is 32.3 Å². The molecule has 2 N–H and O–H groups in total. The first-order valence-corrected chi connectivity index (χ1v) is 10.1. The standard InChI is InChI=1S/C23H17ClF3N3O4/c1-13(31)28-19-9-5-8-18(30-19)22(33)34-20(14-6-3-2-4-7-14)21(32)29-15-10-11-17(24)16(12-15)23(25,26)27/h2-12,20H,1H3,(H,29,32)(H,28,30,31)/t20-/m1/s1. The van der Waals surface area contributed by atoms with Crippen molar-refractivity contribution in [3.05, 3.63) is 88.6 Å². The van der Waals surface area contributed by atoms with Gasteiger partial charge in [0.15, 0.2) is 5.69 Å². The second-order valence-electron chi connectivity index (χ2n) is 6.97. The van der Waals surface area contributed by atoms with E-state index < -0.39 is 40.7 Å². The number of amides is 2. The van der Waals surface area contributed by atoms with Crippen LogP contribution in [0.1, 0.15) is 34.6 Å². The Labute approximate surface area is 196 Å². The quantitative estimate of drug-likeness (QED) is 0.459. The van der Waals surface area contributed by atoms with E-state index in [0.717, 1.165) is 6.07 Å². The fourth-order valence-electron chi connectivity index (χ4n) is 2.89. The van der Waals surface area contributed by atoms with Crippen LogP contribution in [0.25, 0.3) is 0 Å². The van der Waals surface area contributed by atoms with E-state index in [9.17, 15) is 27.6 Å². The van der Waals surface area contributed by atoms with Gasteiger partial charge in [0.1, 0.15) is 5.82 Å². The van der Waals surface area contributed by atoms with Crippen LogP contribution < -0.4 is 10.6 Å². The number of carbonyl (C=O) groups is 3. The molecule has 1 heterocycles. The maximum absolute atomic E-state index is 13.2. The monoisotopic (exact) mass is 491 g/mol. The highest BCUT2D eigenvalue weighted by atomic mass is 35.5. The van der Waals surface area contributed by atoms with E-state index in [1.807, 2.05) is 0 Å². The van der Waals surface area contributed by atoms with Gasteiger partial charge >= 0.3 is 12.1 Å². The van der Waals surface area contributed by atoms with Crippen LogP contribution in [0.5, 0.6) is 0 Å². The Hall–Kier alpha value is -3.92. The molecule has 3 rings (SSSR count). The Kier molecular flexibility index (Phi) is 7.52. The van der Waals surface area contributed by atoms with Gasteiger partial charge in [0.05, 0.1) is 10.6 Å². The number of alkyl halides is 3. The number of nitrogens with zero attached hydrogens (tertiary/aromatic N) is 1. The minimum Gasteiger partial charge on any atom is -0.443 e. The van der Waals surface area contributed by atoms with Gasteiger partial charge < -0.3 is 15.4 Å². The summed E-state index contributed by atoms with van der Waals surface area (Å²) >= 11 is 5.62. The van der Waals surface area contributed by atoms with Crippen LogP contribution in [0, 0.1) is 0 Å². The van der Waals surface area contributed by atoms with Crippen LogP contribution in [0.2, 0.25) is 5.02 Å². The van der Waals surface area contributed by atoms with Crippen molar-refractivity contribution >= 4 is 40.9 Å². The van der Waals surface area contributed by atoms with Crippen LogP contribution in [0.15, 0.2) is 66.7 Å². The zero-order valence-corrected chi connectivity index (χ0v) is 18.3. The summed E-state index contributed by atoms with van der Waals surface area (Å²) in [4.78, 5) is 40.9. The Morgan fingerprint density at radius 1 is 0.971 bits per heavy atom. The van der Waals surface area contributed by atoms with Crippen molar-refractivity contribution in [1.29, 1.82) is 0 Å². The van der Waals surface area contributed by atoms with Gasteiger partial charge in [-0.2, -0.15) is 13.2 Å². The van der Waals surface area contributed by atoms with Crippen molar-refractivity contribution in [2.75, 3.05) is 10.6 Å². The van der Waals surface area contributed by atoms with Gasteiger partial charge in [-0.3, -0.25) is 9.59 Å². The van der Waals surface area contributed by atoms with E-state index in [0.29, 0.717) is 6.07 Å². The summed E-state index contributed by atoms with van der Waals surface area (Å²) < 4.78 is 44.8. The summed E-state index contributed by atoms with van der Waals surface area (Å²) in [5.74, 6) is -2.18. The molecule has 0 unspecified atom stereocenters. The average Bonchev–Trinajstić information content (AvgIpc) is 2.78. The van der Waals surface area contributed by atoms with E-state index >= 15 is 0 Å². The lowest BCUT2D eigenvalue weighted by Gasteiger charge is -2.19. The second-order valence-corrected chi connectivity index (χ2v) is 7.37. The predicted molar refractivity (Wildman–Crippen MR) is 118 cm³/mol. The number of carbonyl (C=O) groups excluding carboxylic acids is 3. The van der Waals surface area contributed by atoms with Crippen LogP contribution in [0.4, 0.5) is 24.7 Å². The van der Waals surface area contributed by atoms with Gasteiger partial charge in [-0.25, -0.2) is 9.78 Å². The summed E-state index contributed by atoms with van der Waals surface area (Å²) in [5, 5.41) is 4.22. The van der Waals surface area contributed by atoms with Crippen LogP contribution >= 0.6 is 11.6 Å². The van der Waals surface area contributed by atoms with Crippen LogP contribution in [-0.2, 0) is 20.5 Å². The molecule has 0 aliphatic heterocycles. The molecule has 3 aromatic rings. The summed E-state index contributed by atoms with van der Waals surface area (Å²) in [7, 11) is 0. The van der Waals surface area contributed by atoms with Gasteiger partial charge in [0.2, 0.25) is 12.0 Å². The number of aromatic nitrogens is 1. The summed E-state index contributed by atoms with van der Waals surface area (Å²) in [6.07, 6.45) is -6.24. The van der Waals surface area contributed by atoms with Gasteiger partial charge in [-0.05, 0) is 30.3 Å². The molecule has 0 spiro atoms. The molecule has 0 fully saturated rings. The molecule has 0 saturated carbocycles. The highest BCUT2D eigenvalue weighted by molar-refractivity contribution is 6.31. The largest absolute Gasteiger partial charge is 0.443 e. The fourth-order valence-corrected chi connectivity index (χ4v) is 3.12. The van der Waals surface area contributed by atoms with E-state index in [4.69, 9.17) is 16.3 Å². The second kappa shape index (κ2) is 10.3. The normalized spacial score (nSPS) is 11.9. The van der Waals surface area contributed by atoms with E-state index in [-0.39, 0.29) is 22.8 Å². The fraction of sp³-hybridized carbons (Fsp3) is 0.130. The number of halogens is 4. The first-order chi connectivity index (χ1) is 16.0. The molecule has 2 amide bonds. The van der Waals surface area contributed by atoms with Gasteiger partial charge in [0.25, 0.3) is 5.91 Å². The third kappa shape index (κ3) is 6.32. The summed E-state index contributed by atoms with van der Waals surface area (Å²) in [5.41, 5.74) is -1.23. The van der Waals surface area contributed by atoms with Gasteiger partial charge in [0, 0.05) is 18.2 Å². The summed E-state index contributed by atoms with van der Waals surface area (Å²) in [6.45, 7) is 1.27. The van der Waals surface area contributed by atoms with Crippen LogP contribution in [0.3, 0.4) is 0 Å². The van der Waals surface area contributed by atoms with Crippen molar-refractivity contribution in [2.45, 2.75) is 19.2 Å². The topological polar surface area (TPSA) is 97.4 Å². The third-order valence-corrected chi connectivity index (χ3v) is 4.70. The first-order valence-electron chi connectivity index (χ1n) is 9.73. The molecule has 7 nitrogen and oxygen atoms in total. The molecule has 34 heavy (non-hydrogen) atoms. The molecule has 11 heteroatoms. The number of rotatable bonds is 6. The van der Waals surface area contributed by atoms with Crippen molar-refractivity contribution in [1.82, 2.24) is 4.98 Å². The molecular weight excluding hydrogens is 475 g/mol. The lowest BCUT2D eigenvalue weighted by Crippen LogP contribution is -2.26. The molecule has 1 atom stereocenters. The zero-order chi connectivity index (χ0) is 24.9. The van der Waals surface area contributed by atoms with Crippen molar-refractivity contribution in [3.63, 3.8) is 0 Å². The number of hydrogen-bond acceptors (Lipinski definition) is 5. The molecule has 0 aliphatic rings. The minimum atomic E-state index is -4.73. The lowest BCUT2D eigenvalue weighted by atomic mass is 10.1. The Balaban J connectivity index is 1.87. The number of anilines is 2. The maximum atomic E-state index is 13.2. The first kappa shape index (κ1) is 24.7. The summed E-state index contributed by atoms with van der Waals surface area (Å²) in [6, 6.07) is 15.0. The van der Waals surface area contributed by atoms with E-state index in [1.54, 1.807) is 18.2 Å². The van der Waals surface area contributed by atoms with Gasteiger partial charge in [-0.15, -0.1) is 0 Å². The molecule has 176 valence electrons. The molecule has 0 aliphatic carbocycles.